The molecule has 1 rings (SSSR count). The number of anilines is 1. The summed E-state index contributed by atoms with van der Waals surface area (Å²) in [5, 5.41) is 22.1. The molecule has 2 unspecified atom stereocenters. The van der Waals surface area contributed by atoms with Crippen LogP contribution >= 0.6 is 0 Å². The molecule has 2 atom stereocenters. The number of hydrogen-bond donors (Lipinski definition) is 4. The Labute approximate surface area is 100 Å². The smallest absolute Gasteiger partial charge is 0.216 e. The number of aryl methyl sites for hydroxylation is 1. The first-order valence-electron chi connectivity index (χ1n) is 5.38. The van der Waals surface area contributed by atoms with Crippen molar-refractivity contribution >= 4 is 11.6 Å². The minimum Gasteiger partial charge on any atom is -0.399 e. The number of aliphatic hydroxyl groups excluding tert-OH is 2. The summed E-state index contributed by atoms with van der Waals surface area (Å²) in [7, 11) is 0. The summed E-state index contributed by atoms with van der Waals surface area (Å²) in [4.78, 5) is 10.7. The molecule has 0 saturated heterocycles. The van der Waals surface area contributed by atoms with Gasteiger partial charge in [0.1, 0.15) is 12.2 Å². The van der Waals surface area contributed by atoms with Crippen LogP contribution in [0, 0.1) is 6.92 Å². The van der Waals surface area contributed by atoms with Gasteiger partial charge in [-0.15, -0.1) is 0 Å². The molecule has 0 fully saturated rings. The molecule has 0 radical (unpaired) electrons. The van der Waals surface area contributed by atoms with Crippen molar-refractivity contribution in [2.24, 2.45) is 0 Å². The summed E-state index contributed by atoms with van der Waals surface area (Å²) in [6.45, 7) is 3.18. The normalized spacial score (nSPS) is 14.1. The average Bonchev–Trinajstić information content (AvgIpc) is 2.28. The van der Waals surface area contributed by atoms with Gasteiger partial charge in [-0.1, -0.05) is 6.07 Å². The summed E-state index contributed by atoms with van der Waals surface area (Å²) in [6, 6.07) is 5.13. The van der Waals surface area contributed by atoms with Gasteiger partial charge < -0.3 is 21.3 Å². The van der Waals surface area contributed by atoms with E-state index in [1.54, 1.807) is 18.2 Å². The summed E-state index contributed by atoms with van der Waals surface area (Å²) in [6.07, 6.45) is -2.12. The highest BCUT2D eigenvalue weighted by Gasteiger charge is 2.20. The molecule has 1 amide bonds. The minimum absolute atomic E-state index is 0.00470. The molecule has 0 aromatic heterocycles. The highest BCUT2D eigenvalue weighted by atomic mass is 16.3. The van der Waals surface area contributed by atoms with Crippen LogP contribution in [0.4, 0.5) is 5.69 Å². The Morgan fingerprint density at radius 2 is 2.12 bits per heavy atom. The summed E-state index contributed by atoms with van der Waals surface area (Å²) in [5.41, 5.74) is 7.56. The third-order valence-electron chi connectivity index (χ3n) is 2.55. The van der Waals surface area contributed by atoms with E-state index in [2.05, 4.69) is 5.32 Å². The molecule has 1 aromatic carbocycles. The van der Waals surface area contributed by atoms with Crippen LogP contribution in [0.1, 0.15) is 24.2 Å². The van der Waals surface area contributed by atoms with Crippen LogP contribution in [-0.2, 0) is 4.79 Å². The number of rotatable bonds is 4. The molecule has 5 heteroatoms. The zero-order chi connectivity index (χ0) is 13.0. The van der Waals surface area contributed by atoms with Crippen LogP contribution in [0.3, 0.4) is 0 Å². The van der Waals surface area contributed by atoms with Gasteiger partial charge in [0.05, 0.1) is 0 Å². The van der Waals surface area contributed by atoms with E-state index in [0.717, 1.165) is 5.56 Å². The fraction of sp³-hybridized carbons (Fsp3) is 0.417. The van der Waals surface area contributed by atoms with E-state index < -0.39 is 12.2 Å². The Balaban J connectivity index is 2.77. The zero-order valence-electron chi connectivity index (χ0n) is 9.97. The number of aliphatic hydroxyl groups is 2. The molecule has 0 saturated carbocycles. The van der Waals surface area contributed by atoms with Crippen LogP contribution in [0.25, 0.3) is 0 Å². The number of carbonyl (C=O) groups is 1. The van der Waals surface area contributed by atoms with Crippen molar-refractivity contribution in [1.82, 2.24) is 5.32 Å². The SMILES string of the molecule is CC(=O)NCC(O)C(O)c1cc(N)ccc1C. The Kier molecular flexibility index (Phi) is 4.48. The summed E-state index contributed by atoms with van der Waals surface area (Å²) in [5.74, 6) is -0.249. The van der Waals surface area contributed by atoms with Gasteiger partial charge >= 0.3 is 0 Å². The van der Waals surface area contributed by atoms with E-state index in [1.165, 1.54) is 6.92 Å². The number of nitrogens with one attached hydrogen (secondary N) is 1. The molecular weight excluding hydrogens is 220 g/mol. The fourth-order valence-corrected chi connectivity index (χ4v) is 1.54. The minimum atomic E-state index is -1.06. The first-order valence-corrected chi connectivity index (χ1v) is 5.38. The van der Waals surface area contributed by atoms with Gasteiger partial charge in [-0.05, 0) is 30.2 Å². The highest BCUT2D eigenvalue weighted by Crippen LogP contribution is 2.22. The van der Waals surface area contributed by atoms with Crippen molar-refractivity contribution in [3.05, 3.63) is 29.3 Å². The van der Waals surface area contributed by atoms with Gasteiger partial charge in [0.15, 0.2) is 0 Å². The average molecular weight is 238 g/mol. The maximum atomic E-state index is 10.7. The van der Waals surface area contributed by atoms with Crippen molar-refractivity contribution in [2.75, 3.05) is 12.3 Å². The third kappa shape index (κ3) is 3.72. The lowest BCUT2D eigenvalue weighted by Crippen LogP contribution is -2.34. The number of carbonyl (C=O) groups excluding carboxylic acids is 1. The lowest BCUT2D eigenvalue weighted by Gasteiger charge is -2.20. The van der Waals surface area contributed by atoms with E-state index >= 15 is 0 Å². The molecule has 0 aliphatic carbocycles. The monoisotopic (exact) mass is 238 g/mol. The number of hydrogen-bond acceptors (Lipinski definition) is 4. The lowest BCUT2D eigenvalue weighted by atomic mass is 9.99. The molecule has 5 N–H and O–H groups in total. The second-order valence-corrected chi connectivity index (χ2v) is 4.07. The van der Waals surface area contributed by atoms with Crippen LogP contribution in [0.15, 0.2) is 18.2 Å². The Bertz CT molecular complexity index is 407. The van der Waals surface area contributed by atoms with Gasteiger partial charge in [0.2, 0.25) is 5.91 Å². The number of nitrogens with two attached hydrogens (primary N) is 1. The van der Waals surface area contributed by atoms with E-state index in [1.807, 2.05) is 6.92 Å². The topological polar surface area (TPSA) is 95.6 Å². The predicted octanol–water partition coefficient (Wildman–Crippen LogP) is 0.108. The standard InChI is InChI=1S/C12H18N2O3/c1-7-3-4-9(13)5-10(7)12(17)11(16)6-14-8(2)15/h3-5,11-12,16-17H,6,13H2,1-2H3,(H,14,15). The van der Waals surface area contributed by atoms with Crippen molar-refractivity contribution in [2.45, 2.75) is 26.1 Å². The van der Waals surface area contributed by atoms with Crippen molar-refractivity contribution in [3.8, 4) is 0 Å². The molecule has 1 aromatic rings. The first kappa shape index (κ1) is 13.5. The zero-order valence-corrected chi connectivity index (χ0v) is 9.97. The van der Waals surface area contributed by atoms with E-state index in [4.69, 9.17) is 5.73 Å². The van der Waals surface area contributed by atoms with Gasteiger partial charge in [0.25, 0.3) is 0 Å². The highest BCUT2D eigenvalue weighted by molar-refractivity contribution is 5.72. The Hall–Kier alpha value is -1.59. The molecule has 0 heterocycles. The molecule has 5 nitrogen and oxygen atoms in total. The van der Waals surface area contributed by atoms with E-state index in [9.17, 15) is 15.0 Å². The molecule has 0 spiro atoms. The molecular formula is C12H18N2O3. The molecule has 94 valence electrons. The van der Waals surface area contributed by atoms with Crippen molar-refractivity contribution in [1.29, 1.82) is 0 Å². The second kappa shape index (κ2) is 5.65. The third-order valence-corrected chi connectivity index (χ3v) is 2.55. The lowest BCUT2D eigenvalue weighted by molar-refractivity contribution is -0.119. The van der Waals surface area contributed by atoms with E-state index in [-0.39, 0.29) is 12.5 Å². The molecule has 0 aliphatic heterocycles. The Morgan fingerprint density at radius 1 is 1.47 bits per heavy atom. The second-order valence-electron chi connectivity index (χ2n) is 4.07. The van der Waals surface area contributed by atoms with Crippen LogP contribution in [0.5, 0.6) is 0 Å². The Morgan fingerprint density at radius 3 is 2.71 bits per heavy atom. The van der Waals surface area contributed by atoms with Crippen molar-refractivity contribution < 1.29 is 15.0 Å². The number of nitrogen functional groups attached to an aromatic ring is 1. The van der Waals surface area contributed by atoms with Crippen LogP contribution in [-0.4, -0.2) is 28.8 Å². The molecule has 17 heavy (non-hydrogen) atoms. The quantitative estimate of drug-likeness (QED) is 0.560. The van der Waals surface area contributed by atoms with Gasteiger partial charge in [0, 0.05) is 19.2 Å². The van der Waals surface area contributed by atoms with E-state index in [0.29, 0.717) is 11.3 Å². The number of amides is 1. The van der Waals surface area contributed by atoms with Gasteiger partial charge in [-0.3, -0.25) is 4.79 Å². The van der Waals surface area contributed by atoms with Gasteiger partial charge in [-0.25, -0.2) is 0 Å². The summed E-state index contributed by atoms with van der Waals surface area (Å²) >= 11 is 0. The fourth-order valence-electron chi connectivity index (χ4n) is 1.54. The maximum absolute atomic E-state index is 10.7. The summed E-state index contributed by atoms with van der Waals surface area (Å²) < 4.78 is 0. The predicted molar refractivity (Wildman–Crippen MR) is 65.2 cm³/mol. The number of benzene rings is 1. The van der Waals surface area contributed by atoms with Gasteiger partial charge in [-0.2, -0.15) is 0 Å². The molecule has 0 aliphatic rings. The largest absolute Gasteiger partial charge is 0.399 e. The van der Waals surface area contributed by atoms with Crippen LogP contribution < -0.4 is 11.1 Å². The van der Waals surface area contributed by atoms with Crippen LogP contribution in [0.2, 0.25) is 0 Å². The molecule has 0 bridgehead atoms. The maximum Gasteiger partial charge on any atom is 0.216 e. The van der Waals surface area contributed by atoms with Crippen molar-refractivity contribution in [3.63, 3.8) is 0 Å². The first-order chi connectivity index (χ1) is 7.91.